The molecule has 1 aromatic heterocycles. The van der Waals surface area contributed by atoms with E-state index in [9.17, 15) is 4.79 Å². The number of nitrogens with one attached hydrogen (secondary N) is 1. The van der Waals surface area contributed by atoms with Crippen molar-refractivity contribution in [1.29, 1.82) is 0 Å². The summed E-state index contributed by atoms with van der Waals surface area (Å²) in [5.41, 5.74) is 2.10. The van der Waals surface area contributed by atoms with Crippen LogP contribution in [-0.2, 0) is 6.54 Å². The predicted octanol–water partition coefficient (Wildman–Crippen LogP) is 4.91. The van der Waals surface area contributed by atoms with Crippen molar-refractivity contribution in [2.45, 2.75) is 39.3 Å². The standard InChI is InChI=1S/C26H33N3O3/c1-19(2)28-13-11-20(12-14-28)17-27-26(30)32-25-16-22-8-4-5-10-24(22)29(25)18-21-7-6-9-23(15-21)31-3/h4-10,15-16,19-20H,11-14,17-18H2,1-3H3,(H,27,30). The number of piperidine rings is 1. The third kappa shape index (κ3) is 5.25. The molecular formula is C26H33N3O3. The zero-order valence-electron chi connectivity index (χ0n) is 19.2. The number of carbonyl (C=O) groups is 1. The van der Waals surface area contributed by atoms with Crippen molar-refractivity contribution in [3.05, 3.63) is 60.2 Å². The van der Waals surface area contributed by atoms with Crippen LogP contribution in [0, 0.1) is 5.92 Å². The highest BCUT2D eigenvalue weighted by molar-refractivity contribution is 5.83. The van der Waals surface area contributed by atoms with Gasteiger partial charge in [-0.25, -0.2) is 4.79 Å². The molecule has 0 atom stereocenters. The van der Waals surface area contributed by atoms with Gasteiger partial charge < -0.3 is 24.3 Å². The SMILES string of the molecule is COc1cccc(Cn2c(OC(=O)NCC3CCN(C(C)C)CC3)cc3ccccc32)c1. The fourth-order valence-electron chi connectivity index (χ4n) is 4.42. The third-order valence-electron chi connectivity index (χ3n) is 6.36. The average molecular weight is 436 g/mol. The molecule has 0 spiro atoms. The summed E-state index contributed by atoms with van der Waals surface area (Å²) in [5.74, 6) is 1.85. The molecule has 1 saturated heterocycles. The Morgan fingerprint density at radius 3 is 2.62 bits per heavy atom. The number of para-hydroxylation sites is 1. The lowest BCUT2D eigenvalue weighted by molar-refractivity contribution is 0.145. The van der Waals surface area contributed by atoms with Crippen LogP contribution in [0.25, 0.3) is 10.9 Å². The van der Waals surface area contributed by atoms with Crippen LogP contribution in [0.2, 0.25) is 0 Å². The summed E-state index contributed by atoms with van der Waals surface area (Å²) in [6.45, 7) is 7.89. The highest BCUT2D eigenvalue weighted by atomic mass is 16.6. The summed E-state index contributed by atoms with van der Waals surface area (Å²) < 4.78 is 13.2. The van der Waals surface area contributed by atoms with E-state index in [1.165, 1.54) is 0 Å². The molecule has 0 bridgehead atoms. The summed E-state index contributed by atoms with van der Waals surface area (Å²) in [6.07, 6.45) is 1.81. The van der Waals surface area contributed by atoms with Gasteiger partial charge in [0, 0.05) is 24.0 Å². The zero-order chi connectivity index (χ0) is 22.5. The number of aromatic nitrogens is 1. The van der Waals surface area contributed by atoms with Crippen molar-refractivity contribution in [3.8, 4) is 11.6 Å². The summed E-state index contributed by atoms with van der Waals surface area (Å²) >= 11 is 0. The van der Waals surface area contributed by atoms with E-state index in [0.717, 1.165) is 48.1 Å². The second kappa shape index (κ2) is 10.1. The second-order valence-corrected chi connectivity index (χ2v) is 8.82. The van der Waals surface area contributed by atoms with E-state index in [4.69, 9.17) is 9.47 Å². The summed E-state index contributed by atoms with van der Waals surface area (Å²) in [4.78, 5) is 15.1. The van der Waals surface area contributed by atoms with Gasteiger partial charge in [0.25, 0.3) is 0 Å². The molecule has 1 N–H and O–H groups in total. The molecule has 1 amide bonds. The molecule has 2 aromatic carbocycles. The molecule has 1 aliphatic rings. The number of rotatable bonds is 7. The summed E-state index contributed by atoms with van der Waals surface area (Å²) in [6, 6.07) is 18.5. The summed E-state index contributed by atoms with van der Waals surface area (Å²) in [7, 11) is 1.66. The molecule has 0 aliphatic carbocycles. The van der Waals surface area contributed by atoms with Crippen molar-refractivity contribution in [2.24, 2.45) is 5.92 Å². The van der Waals surface area contributed by atoms with Crippen LogP contribution in [0.15, 0.2) is 54.6 Å². The third-order valence-corrected chi connectivity index (χ3v) is 6.36. The fourth-order valence-corrected chi connectivity index (χ4v) is 4.42. The first-order chi connectivity index (χ1) is 15.5. The maximum Gasteiger partial charge on any atom is 0.413 e. The molecule has 4 rings (SSSR count). The number of hydrogen-bond donors (Lipinski definition) is 1. The number of ether oxygens (including phenoxy) is 2. The zero-order valence-corrected chi connectivity index (χ0v) is 19.2. The molecule has 32 heavy (non-hydrogen) atoms. The molecule has 1 aliphatic heterocycles. The highest BCUT2D eigenvalue weighted by Gasteiger charge is 2.22. The van der Waals surface area contributed by atoms with E-state index in [-0.39, 0.29) is 0 Å². The van der Waals surface area contributed by atoms with Crippen LogP contribution >= 0.6 is 0 Å². The van der Waals surface area contributed by atoms with E-state index in [1.807, 2.05) is 59.2 Å². The van der Waals surface area contributed by atoms with Gasteiger partial charge in [-0.2, -0.15) is 0 Å². The van der Waals surface area contributed by atoms with Gasteiger partial charge >= 0.3 is 6.09 Å². The lowest BCUT2D eigenvalue weighted by Crippen LogP contribution is -2.42. The molecule has 1 fully saturated rings. The van der Waals surface area contributed by atoms with E-state index in [0.29, 0.717) is 30.9 Å². The first-order valence-electron chi connectivity index (χ1n) is 11.4. The van der Waals surface area contributed by atoms with Gasteiger partial charge in [0.1, 0.15) is 5.75 Å². The van der Waals surface area contributed by atoms with Gasteiger partial charge in [-0.15, -0.1) is 0 Å². The predicted molar refractivity (Wildman–Crippen MR) is 127 cm³/mol. The summed E-state index contributed by atoms with van der Waals surface area (Å²) in [5, 5.41) is 4.03. The van der Waals surface area contributed by atoms with Crippen LogP contribution in [0.5, 0.6) is 11.6 Å². The number of nitrogens with zero attached hydrogens (tertiary/aromatic N) is 2. The number of methoxy groups -OCH3 is 1. The number of amides is 1. The van der Waals surface area contributed by atoms with Crippen molar-refractivity contribution in [3.63, 3.8) is 0 Å². The number of likely N-dealkylation sites (tertiary alicyclic amines) is 1. The topological polar surface area (TPSA) is 55.7 Å². The first kappa shape index (κ1) is 22.2. The fraction of sp³-hybridized carbons (Fsp3) is 0.423. The van der Waals surface area contributed by atoms with Gasteiger partial charge in [0.15, 0.2) is 0 Å². The normalized spacial score (nSPS) is 15.2. The number of fused-ring (bicyclic) bond motifs is 1. The average Bonchev–Trinajstić information content (AvgIpc) is 3.15. The molecule has 0 unspecified atom stereocenters. The Morgan fingerprint density at radius 2 is 1.88 bits per heavy atom. The molecule has 6 nitrogen and oxygen atoms in total. The van der Waals surface area contributed by atoms with Crippen molar-refractivity contribution in [2.75, 3.05) is 26.7 Å². The molecule has 3 aromatic rings. The monoisotopic (exact) mass is 435 g/mol. The Morgan fingerprint density at radius 1 is 1.09 bits per heavy atom. The molecule has 0 saturated carbocycles. The Hall–Kier alpha value is -2.99. The van der Waals surface area contributed by atoms with Gasteiger partial charge in [0.05, 0.1) is 19.2 Å². The van der Waals surface area contributed by atoms with Crippen LogP contribution in [0.3, 0.4) is 0 Å². The van der Waals surface area contributed by atoms with Crippen LogP contribution in [0.1, 0.15) is 32.3 Å². The maximum atomic E-state index is 12.6. The Labute approximate surface area is 190 Å². The quantitative estimate of drug-likeness (QED) is 0.573. The first-order valence-corrected chi connectivity index (χ1v) is 11.4. The number of benzene rings is 2. The number of hydrogen-bond acceptors (Lipinski definition) is 4. The Balaban J connectivity index is 1.43. The lowest BCUT2D eigenvalue weighted by atomic mass is 9.96. The maximum absolute atomic E-state index is 12.6. The molecule has 6 heteroatoms. The van der Waals surface area contributed by atoms with Gasteiger partial charge in [-0.1, -0.05) is 30.3 Å². The van der Waals surface area contributed by atoms with Crippen LogP contribution < -0.4 is 14.8 Å². The minimum Gasteiger partial charge on any atom is -0.497 e. The minimum absolute atomic E-state index is 0.397. The van der Waals surface area contributed by atoms with Crippen molar-refractivity contribution < 1.29 is 14.3 Å². The van der Waals surface area contributed by atoms with Gasteiger partial charge in [0.2, 0.25) is 5.88 Å². The smallest absolute Gasteiger partial charge is 0.413 e. The lowest BCUT2D eigenvalue weighted by Gasteiger charge is -2.34. The second-order valence-electron chi connectivity index (χ2n) is 8.82. The van der Waals surface area contributed by atoms with Gasteiger partial charge in [-0.05, 0) is 69.5 Å². The van der Waals surface area contributed by atoms with Crippen LogP contribution in [0.4, 0.5) is 4.79 Å². The molecule has 170 valence electrons. The molecule has 2 heterocycles. The van der Waals surface area contributed by atoms with E-state index in [1.54, 1.807) is 7.11 Å². The molecular weight excluding hydrogens is 402 g/mol. The Bertz CT molecular complexity index is 1050. The van der Waals surface area contributed by atoms with Gasteiger partial charge in [-0.3, -0.25) is 0 Å². The largest absolute Gasteiger partial charge is 0.497 e. The minimum atomic E-state index is -0.397. The Kier molecular flexibility index (Phi) is 7.00. The van der Waals surface area contributed by atoms with Crippen molar-refractivity contribution >= 4 is 17.0 Å². The van der Waals surface area contributed by atoms with Crippen molar-refractivity contribution in [1.82, 2.24) is 14.8 Å². The van der Waals surface area contributed by atoms with Crippen LogP contribution in [-0.4, -0.2) is 48.3 Å². The number of carbonyl (C=O) groups excluding carboxylic acids is 1. The van der Waals surface area contributed by atoms with E-state index < -0.39 is 6.09 Å². The van der Waals surface area contributed by atoms with E-state index in [2.05, 4.69) is 24.1 Å². The highest BCUT2D eigenvalue weighted by Crippen LogP contribution is 2.27. The molecule has 0 radical (unpaired) electrons. The van der Waals surface area contributed by atoms with E-state index >= 15 is 0 Å².